The Kier molecular flexibility index (Phi) is 5.68. The first kappa shape index (κ1) is 19.0. The van der Waals surface area contributed by atoms with Crippen LogP contribution < -0.4 is 5.32 Å². The van der Waals surface area contributed by atoms with E-state index in [0.717, 1.165) is 0 Å². The SMILES string of the molecule is CC(C)(C(=O)NCCS(=O)(=O)C(C)(C)C)c1ccccc1Cl. The number of nitrogens with one attached hydrogen (secondary N) is 1. The molecule has 0 aromatic heterocycles. The Morgan fingerprint density at radius 3 is 2.18 bits per heavy atom. The maximum absolute atomic E-state index is 12.4. The van der Waals surface area contributed by atoms with E-state index in [9.17, 15) is 13.2 Å². The van der Waals surface area contributed by atoms with Crippen LogP contribution in [0.5, 0.6) is 0 Å². The van der Waals surface area contributed by atoms with Crippen molar-refractivity contribution in [3.05, 3.63) is 34.9 Å². The predicted octanol–water partition coefficient (Wildman–Crippen LogP) is 2.95. The van der Waals surface area contributed by atoms with Gasteiger partial charge < -0.3 is 5.32 Å². The van der Waals surface area contributed by atoms with Crippen LogP contribution in [0.3, 0.4) is 0 Å². The second-order valence-corrected chi connectivity index (χ2v) is 10.1. The van der Waals surface area contributed by atoms with Crippen molar-refractivity contribution >= 4 is 27.3 Å². The van der Waals surface area contributed by atoms with E-state index in [0.29, 0.717) is 10.6 Å². The van der Waals surface area contributed by atoms with Gasteiger partial charge in [0.2, 0.25) is 5.91 Å². The second kappa shape index (κ2) is 6.59. The molecule has 0 atom stereocenters. The van der Waals surface area contributed by atoms with Crippen molar-refractivity contribution < 1.29 is 13.2 Å². The van der Waals surface area contributed by atoms with Crippen LogP contribution in [-0.2, 0) is 20.0 Å². The highest BCUT2D eigenvalue weighted by Crippen LogP contribution is 2.29. The Balaban J connectivity index is 2.76. The lowest BCUT2D eigenvalue weighted by atomic mass is 9.83. The van der Waals surface area contributed by atoms with E-state index in [4.69, 9.17) is 11.6 Å². The van der Waals surface area contributed by atoms with Gasteiger partial charge in [0.1, 0.15) is 0 Å². The van der Waals surface area contributed by atoms with Gasteiger partial charge >= 0.3 is 0 Å². The molecule has 6 heteroatoms. The Hall–Kier alpha value is -1.07. The van der Waals surface area contributed by atoms with Crippen molar-refractivity contribution in [1.82, 2.24) is 5.32 Å². The largest absolute Gasteiger partial charge is 0.354 e. The molecule has 0 saturated heterocycles. The number of benzene rings is 1. The Morgan fingerprint density at radius 1 is 1.14 bits per heavy atom. The number of amides is 1. The lowest BCUT2D eigenvalue weighted by molar-refractivity contribution is -0.125. The summed E-state index contributed by atoms with van der Waals surface area (Å²) < 4.78 is 23.2. The van der Waals surface area contributed by atoms with Gasteiger partial charge in [-0.15, -0.1) is 0 Å². The summed E-state index contributed by atoms with van der Waals surface area (Å²) in [5.41, 5.74) is -0.114. The summed E-state index contributed by atoms with van der Waals surface area (Å²) in [5.74, 6) is -0.328. The highest BCUT2D eigenvalue weighted by atomic mass is 35.5. The van der Waals surface area contributed by atoms with Crippen molar-refractivity contribution in [3.63, 3.8) is 0 Å². The smallest absolute Gasteiger partial charge is 0.230 e. The molecule has 22 heavy (non-hydrogen) atoms. The molecule has 0 bridgehead atoms. The molecule has 0 unspecified atom stereocenters. The minimum atomic E-state index is -3.25. The lowest BCUT2D eigenvalue weighted by Gasteiger charge is -2.26. The van der Waals surface area contributed by atoms with E-state index in [-0.39, 0.29) is 18.2 Å². The molecule has 1 rings (SSSR count). The molecule has 0 aliphatic rings. The van der Waals surface area contributed by atoms with E-state index in [1.54, 1.807) is 52.8 Å². The van der Waals surface area contributed by atoms with Crippen LogP contribution in [0.25, 0.3) is 0 Å². The third kappa shape index (κ3) is 4.23. The zero-order valence-electron chi connectivity index (χ0n) is 13.7. The second-order valence-electron chi connectivity index (χ2n) is 6.79. The fourth-order valence-corrected chi connectivity index (χ4v) is 3.27. The standard InChI is InChI=1S/C16H24ClNO3S/c1-15(2,3)22(20,21)11-10-18-14(19)16(4,5)12-8-6-7-9-13(12)17/h6-9H,10-11H2,1-5H3,(H,18,19). The first-order valence-corrected chi connectivity index (χ1v) is 9.18. The van der Waals surface area contributed by atoms with Crippen LogP contribution in [0, 0.1) is 0 Å². The minimum absolute atomic E-state index is 0.0825. The third-order valence-electron chi connectivity index (χ3n) is 3.70. The highest BCUT2D eigenvalue weighted by molar-refractivity contribution is 7.92. The number of halogens is 1. The number of rotatable bonds is 5. The van der Waals surface area contributed by atoms with Gasteiger partial charge in [0.05, 0.1) is 15.9 Å². The summed E-state index contributed by atoms with van der Waals surface area (Å²) in [6.45, 7) is 8.57. The molecule has 0 aliphatic heterocycles. The van der Waals surface area contributed by atoms with E-state index in [1.807, 2.05) is 6.07 Å². The molecule has 0 radical (unpaired) electrons. The van der Waals surface area contributed by atoms with Gasteiger partial charge in [0.25, 0.3) is 0 Å². The van der Waals surface area contributed by atoms with Crippen molar-refractivity contribution in [3.8, 4) is 0 Å². The number of hydrogen-bond acceptors (Lipinski definition) is 3. The van der Waals surface area contributed by atoms with Crippen LogP contribution >= 0.6 is 11.6 Å². The molecule has 1 aromatic carbocycles. The van der Waals surface area contributed by atoms with Gasteiger partial charge in [-0.3, -0.25) is 4.79 Å². The van der Waals surface area contributed by atoms with E-state index >= 15 is 0 Å². The quantitative estimate of drug-likeness (QED) is 0.892. The van der Waals surface area contributed by atoms with Crippen molar-refractivity contribution in [2.75, 3.05) is 12.3 Å². The maximum atomic E-state index is 12.4. The van der Waals surface area contributed by atoms with Crippen LogP contribution in [0.4, 0.5) is 0 Å². The first-order chi connectivity index (χ1) is 9.89. The van der Waals surface area contributed by atoms with E-state index < -0.39 is 20.0 Å². The fourth-order valence-electron chi connectivity index (χ4n) is 1.92. The van der Waals surface area contributed by atoms with Crippen LogP contribution in [0.15, 0.2) is 24.3 Å². The average Bonchev–Trinajstić information content (AvgIpc) is 2.37. The van der Waals surface area contributed by atoms with Crippen molar-refractivity contribution in [1.29, 1.82) is 0 Å². The molecular formula is C16H24ClNO3S. The molecule has 4 nitrogen and oxygen atoms in total. The fraction of sp³-hybridized carbons (Fsp3) is 0.562. The maximum Gasteiger partial charge on any atom is 0.230 e. The molecule has 1 aromatic rings. The summed E-state index contributed by atoms with van der Waals surface area (Å²) >= 11 is 6.14. The zero-order valence-corrected chi connectivity index (χ0v) is 15.3. The monoisotopic (exact) mass is 345 g/mol. The number of carbonyl (C=O) groups excluding carboxylic acids is 1. The lowest BCUT2D eigenvalue weighted by Crippen LogP contribution is -2.43. The van der Waals surface area contributed by atoms with Crippen molar-refractivity contribution in [2.45, 2.75) is 44.8 Å². The topological polar surface area (TPSA) is 63.2 Å². The zero-order chi connectivity index (χ0) is 17.2. The summed E-state index contributed by atoms with van der Waals surface area (Å²) in [4.78, 5) is 12.4. The molecule has 0 saturated carbocycles. The van der Waals surface area contributed by atoms with Gasteiger partial charge in [-0.2, -0.15) is 0 Å². The number of sulfone groups is 1. The van der Waals surface area contributed by atoms with E-state index in [2.05, 4.69) is 5.32 Å². The molecule has 0 fully saturated rings. The molecule has 1 N–H and O–H groups in total. The molecule has 0 spiro atoms. The van der Waals surface area contributed by atoms with Gasteiger partial charge in [-0.05, 0) is 46.2 Å². The van der Waals surface area contributed by atoms with E-state index in [1.165, 1.54) is 0 Å². The normalized spacial score (nSPS) is 13.0. The molecule has 124 valence electrons. The highest BCUT2D eigenvalue weighted by Gasteiger charge is 2.33. The third-order valence-corrected chi connectivity index (χ3v) is 6.64. The van der Waals surface area contributed by atoms with Gasteiger partial charge in [-0.25, -0.2) is 8.42 Å². The molecule has 0 heterocycles. The van der Waals surface area contributed by atoms with Crippen LogP contribution in [-0.4, -0.2) is 31.4 Å². The average molecular weight is 346 g/mol. The molecular weight excluding hydrogens is 322 g/mol. The summed E-state index contributed by atoms with van der Waals surface area (Å²) in [7, 11) is -3.25. The first-order valence-electron chi connectivity index (χ1n) is 7.15. The van der Waals surface area contributed by atoms with Gasteiger partial charge in [-0.1, -0.05) is 29.8 Å². The summed E-state index contributed by atoms with van der Waals surface area (Å²) in [6, 6.07) is 7.15. The number of carbonyl (C=O) groups is 1. The van der Waals surface area contributed by atoms with Crippen LogP contribution in [0.2, 0.25) is 5.02 Å². The predicted molar refractivity (Wildman–Crippen MR) is 91.0 cm³/mol. The van der Waals surface area contributed by atoms with Crippen molar-refractivity contribution in [2.24, 2.45) is 0 Å². The summed E-state index contributed by atoms with van der Waals surface area (Å²) in [5, 5.41) is 3.22. The van der Waals surface area contributed by atoms with Crippen LogP contribution in [0.1, 0.15) is 40.2 Å². The Bertz CT molecular complexity index is 646. The van der Waals surface area contributed by atoms with Gasteiger partial charge in [0, 0.05) is 11.6 Å². The molecule has 0 aliphatic carbocycles. The number of hydrogen-bond donors (Lipinski definition) is 1. The summed E-state index contributed by atoms with van der Waals surface area (Å²) in [6.07, 6.45) is 0. The Morgan fingerprint density at radius 2 is 1.68 bits per heavy atom. The minimum Gasteiger partial charge on any atom is -0.354 e. The molecule has 1 amide bonds. The Labute approximate surface area is 138 Å². The van der Waals surface area contributed by atoms with Gasteiger partial charge in [0.15, 0.2) is 9.84 Å².